The molecule has 0 aliphatic rings. The lowest BCUT2D eigenvalue weighted by Crippen LogP contribution is -2.42. The number of amides is 1. The van der Waals surface area contributed by atoms with Gasteiger partial charge < -0.3 is 10.6 Å². The van der Waals surface area contributed by atoms with E-state index >= 15 is 0 Å². The minimum Gasteiger partial charge on any atom is -0.371 e. The van der Waals surface area contributed by atoms with Crippen LogP contribution in [0.3, 0.4) is 0 Å². The van der Waals surface area contributed by atoms with Crippen molar-refractivity contribution in [2.75, 3.05) is 5.32 Å². The van der Waals surface area contributed by atoms with Crippen molar-refractivity contribution in [1.82, 2.24) is 5.32 Å². The van der Waals surface area contributed by atoms with Crippen LogP contribution in [0.15, 0.2) is 18.2 Å². The molecule has 0 spiro atoms. The van der Waals surface area contributed by atoms with E-state index in [0.29, 0.717) is 0 Å². The minimum absolute atomic E-state index is 0.00723. The van der Waals surface area contributed by atoms with Gasteiger partial charge in [-0.2, -0.15) is 0 Å². The van der Waals surface area contributed by atoms with Gasteiger partial charge in [-0.1, -0.05) is 13.8 Å². The van der Waals surface area contributed by atoms with E-state index in [0.717, 1.165) is 31.0 Å². The second-order valence-corrected chi connectivity index (χ2v) is 4.51. The Kier molecular flexibility index (Phi) is 5.73. The van der Waals surface area contributed by atoms with Gasteiger partial charge in [-0.05, 0) is 38.0 Å². The summed E-state index contributed by atoms with van der Waals surface area (Å²) in [6.45, 7) is 5.58. The van der Waals surface area contributed by atoms with Crippen LogP contribution < -0.4 is 10.6 Å². The number of benzene rings is 1. The first kappa shape index (κ1) is 15.4. The zero-order chi connectivity index (χ0) is 14.4. The number of carbonyl (C=O) groups excluding carboxylic acids is 1. The van der Waals surface area contributed by atoms with Crippen LogP contribution in [-0.2, 0) is 4.79 Å². The molecule has 1 rings (SSSR count). The van der Waals surface area contributed by atoms with Crippen LogP contribution in [0.4, 0.5) is 14.5 Å². The first-order valence-electron chi connectivity index (χ1n) is 6.49. The average Bonchev–Trinajstić information content (AvgIpc) is 2.39. The number of rotatable bonds is 6. The van der Waals surface area contributed by atoms with Gasteiger partial charge in [0.15, 0.2) is 0 Å². The third-order valence-electron chi connectivity index (χ3n) is 3.03. The molecule has 1 aromatic carbocycles. The molecule has 0 aliphatic carbocycles. The first-order chi connectivity index (χ1) is 8.97. The predicted octanol–water partition coefficient (Wildman–Crippen LogP) is 3.07. The highest BCUT2D eigenvalue weighted by Gasteiger charge is 2.17. The van der Waals surface area contributed by atoms with E-state index in [-0.39, 0.29) is 17.6 Å². The van der Waals surface area contributed by atoms with Crippen LogP contribution in [0.2, 0.25) is 0 Å². The monoisotopic (exact) mass is 270 g/mol. The minimum atomic E-state index is -0.628. The van der Waals surface area contributed by atoms with Crippen molar-refractivity contribution in [3.05, 3.63) is 29.8 Å². The van der Waals surface area contributed by atoms with Gasteiger partial charge in [-0.25, -0.2) is 8.78 Å². The van der Waals surface area contributed by atoms with Crippen LogP contribution in [0, 0.1) is 11.6 Å². The van der Waals surface area contributed by atoms with Gasteiger partial charge in [0.05, 0.1) is 5.69 Å². The number of hydrogen-bond acceptors (Lipinski definition) is 2. The summed E-state index contributed by atoms with van der Waals surface area (Å²) in [5.41, 5.74) is -0.00723. The fourth-order valence-electron chi connectivity index (χ4n) is 1.73. The topological polar surface area (TPSA) is 41.1 Å². The Labute approximate surface area is 112 Å². The van der Waals surface area contributed by atoms with E-state index in [9.17, 15) is 13.6 Å². The molecule has 19 heavy (non-hydrogen) atoms. The van der Waals surface area contributed by atoms with Gasteiger partial charge in [0, 0.05) is 6.04 Å². The molecular weight excluding hydrogens is 250 g/mol. The molecule has 0 heterocycles. The largest absolute Gasteiger partial charge is 0.371 e. The van der Waals surface area contributed by atoms with Crippen molar-refractivity contribution in [1.29, 1.82) is 0 Å². The van der Waals surface area contributed by atoms with E-state index in [2.05, 4.69) is 10.6 Å². The maximum Gasteiger partial charge on any atom is 0.242 e. The Bertz CT molecular complexity index is 433. The quantitative estimate of drug-likeness (QED) is 0.834. The molecule has 5 heteroatoms. The molecule has 1 unspecified atom stereocenters. The first-order valence-corrected chi connectivity index (χ1v) is 6.49. The van der Waals surface area contributed by atoms with Crippen molar-refractivity contribution >= 4 is 11.6 Å². The SMILES string of the molecule is CCC(CC)NC(=O)C(C)Nc1cc(F)ccc1F. The van der Waals surface area contributed by atoms with Crippen LogP contribution in [0.25, 0.3) is 0 Å². The van der Waals surface area contributed by atoms with E-state index in [4.69, 9.17) is 0 Å². The highest BCUT2D eigenvalue weighted by molar-refractivity contribution is 5.84. The molecule has 3 nitrogen and oxygen atoms in total. The molecular formula is C14H20F2N2O. The van der Waals surface area contributed by atoms with Crippen LogP contribution in [0.5, 0.6) is 0 Å². The smallest absolute Gasteiger partial charge is 0.242 e. The Balaban J connectivity index is 2.65. The summed E-state index contributed by atoms with van der Waals surface area (Å²) in [5.74, 6) is -1.35. The normalized spacial score (nSPS) is 12.3. The van der Waals surface area contributed by atoms with E-state index in [1.165, 1.54) is 0 Å². The van der Waals surface area contributed by atoms with Crippen molar-refractivity contribution in [3.63, 3.8) is 0 Å². The number of hydrogen-bond donors (Lipinski definition) is 2. The Morgan fingerprint density at radius 1 is 1.26 bits per heavy atom. The lowest BCUT2D eigenvalue weighted by molar-refractivity contribution is -0.122. The summed E-state index contributed by atoms with van der Waals surface area (Å²) >= 11 is 0. The van der Waals surface area contributed by atoms with Gasteiger partial charge in [0.1, 0.15) is 17.7 Å². The molecule has 0 fully saturated rings. The van der Waals surface area contributed by atoms with Crippen molar-refractivity contribution in [2.24, 2.45) is 0 Å². The zero-order valence-corrected chi connectivity index (χ0v) is 11.5. The molecule has 0 bridgehead atoms. The summed E-state index contributed by atoms with van der Waals surface area (Å²) < 4.78 is 26.4. The van der Waals surface area contributed by atoms with Crippen LogP contribution in [-0.4, -0.2) is 18.0 Å². The molecule has 0 radical (unpaired) electrons. The second kappa shape index (κ2) is 7.07. The third kappa shape index (κ3) is 4.50. The lowest BCUT2D eigenvalue weighted by Gasteiger charge is -2.20. The van der Waals surface area contributed by atoms with Gasteiger partial charge in [0.2, 0.25) is 5.91 Å². The van der Waals surface area contributed by atoms with Gasteiger partial charge in [-0.15, -0.1) is 0 Å². The van der Waals surface area contributed by atoms with Crippen molar-refractivity contribution in [2.45, 2.75) is 45.7 Å². The summed E-state index contributed by atoms with van der Waals surface area (Å²) in [7, 11) is 0. The summed E-state index contributed by atoms with van der Waals surface area (Å²) in [6.07, 6.45) is 1.67. The number of halogens is 2. The summed E-state index contributed by atoms with van der Waals surface area (Å²) in [5, 5.41) is 5.53. The Hall–Kier alpha value is -1.65. The fraction of sp³-hybridized carbons (Fsp3) is 0.500. The second-order valence-electron chi connectivity index (χ2n) is 4.51. The summed E-state index contributed by atoms with van der Waals surface area (Å²) in [6, 6.07) is 2.58. The van der Waals surface area contributed by atoms with Gasteiger partial charge >= 0.3 is 0 Å². The molecule has 1 aromatic rings. The van der Waals surface area contributed by atoms with Gasteiger partial charge in [-0.3, -0.25) is 4.79 Å². The molecule has 0 saturated carbocycles. The molecule has 1 amide bonds. The number of carbonyl (C=O) groups is 1. The number of anilines is 1. The van der Waals surface area contributed by atoms with Crippen molar-refractivity contribution < 1.29 is 13.6 Å². The molecule has 106 valence electrons. The predicted molar refractivity (Wildman–Crippen MR) is 72.0 cm³/mol. The molecule has 0 aliphatic heterocycles. The molecule has 2 N–H and O–H groups in total. The van der Waals surface area contributed by atoms with Crippen LogP contribution >= 0.6 is 0 Å². The summed E-state index contributed by atoms with van der Waals surface area (Å²) in [4.78, 5) is 11.9. The number of nitrogens with one attached hydrogen (secondary N) is 2. The van der Waals surface area contributed by atoms with Gasteiger partial charge in [0.25, 0.3) is 0 Å². The standard InChI is InChI=1S/C14H20F2N2O/c1-4-11(5-2)18-14(19)9(3)17-13-8-10(15)6-7-12(13)16/h6-9,11,17H,4-5H2,1-3H3,(H,18,19). The van der Waals surface area contributed by atoms with Crippen LogP contribution in [0.1, 0.15) is 33.6 Å². The zero-order valence-electron chi connectivity index (χ0n) is 11.5. The third-order valence-corrected chi connectivity index (χ3v) is 3.03. The van der Waals surface area contributed by atoms with E-state index < -0.39 is 17.7 Å². The van der Waals surface area contributed by atoms with E-state index in [1.807, 2.05) is 13.8 Å². The Morgan fingerprint density at radius 2 is 1.89 bits per heavy atom. The van der Waals surface area contributed by atoms with E-state index in [1.54, 1.807) is 6.92 Å². The highest BCUT2D eigenvalue weighted by atomic mass is 19.1. The molecule has 0 saturated heterocycles. The lowest BCUT2D eigenvalue weighted by atomic mass is 10.1. The fourth-order valence-corrected chi connectivity index (χ4v) is 1.73. The Morgan fingerprint density at radius 3 is 2.47 bits per heavy atom. The maximum absolute atomic E-state index is 13.4. The highest BCUT2D eigenvalue weighted by Crippen LogP contribution is 2.16. The maximum atomic E-state index is 13.4. The average molecular weight is 270 g/mol. The molecule has 1 atom stereocenters. The van der Waals surface area contributed by atoms with Crippen molar-refractivity contribution in [3.8, 4) is 0 Å². The molecule has 0 aromatic heterocycles.